The van der Waals surface area contributed by atoms with E-state index in [-0.39, 0.29) is 18.5 Å². The molecule has 3 aromatic rings. The second-order valence-corrected chi connectivity index (χ2v) is 10.2. The molecule has 0 bridgehead atoms. The zero-order valence-electron chi connectivity index (χ0n) is 23.6. The summed E-state index contributed by atoms with van der Waals surface area (Å²) in [4.78, 5) is 27.3. The van der Waals surface area contributed by atoms with Crippen molar-refractivity contribution in [1.29, 1.82) is 0 Å². The fourth-order valence-corrected chi connectivity index (χ4v) is 4.95. The number of unbranched alkanes of at least 4 members (excludes halogenated alkanes) is 1. The van der Waals surface area contributed by atoms with Crippen LogP contribution in [0.15, 0.2) is 48.5 Å². The average molecular weight is 573 g/mol. The van der Waals surface area contributed by atoms with Gasteiger partial charge in [-0.05, 0) is 55.7 Å². The van der Waals surface area contributed by atoms with Crippen LogP contribution in [0, 0.1) is 6.92 Å². The highest BCUT2D eigenvalue weighted by atomic mass is 19.4. The molecule has 1 aliphatic rings. The Hall–Kier alpha value is -3.86. The van der Waals surface area contributed by atoms with Gasteiger partial charge in [0.25, 0.3) is 5.91 Å². The van der Waals surface area contributed by atoms with Crippen LogP contribution in [0.25, 0.3) is 0 Å². The molecule has 1 aliphatic heterocycles. The molecule has 0 spiro atoms. The fraction of sp³-hybridized carbons (Fsp3) is 0.433. The van der Waals surface area contributed by atoms with E-state index in [9.17, 15) is 22.8 Å². The van der Waals surface area contributed by atoms with Crippen molar-refractivity contribution in [3.63, 3.8) is 0 Å². The van der Waals surface area contributed by atoms with Gasteiger partial charge in [-0.25, -0.2) is 9.48 Å². The van der Waals surface area contributed by atoms with E-state index in [0.717, 1.165) is 30.5 Å². The van der Waals surface area contributed by atoms with E-state index in [1.54, 1.807) is 41.9 Å². The highest BCUT2D eigenvalue weighted by Gasteiger charge is 2.37. The number of carbonyl (C=O) groups excluding carboxylic acids is 2. The number of fused-ring (bicyclic) bond motifs is 1. The summed E-state index contributed by atoms with van der Waals surface area (Å²) in [6, 6.07) is 11.4. The van der Waals surface area contributed by atoms with Crippen molar-refractivity contribution in [2.75, 3.05) is 31.8 Å². The molecule has 4 rings (SSSR count). The number of nitrogens with one attached hydrogen (secondary N) is 1. The lowest BCUT2D eigenvalue weighted by atomic mass is 10.1. The van der Waals surface area contributed by atoms with Crippen LogP contribution in [-0.2, 0) is 22.2 Å². The quantitative estimate of drug-likeness (QED) is 0.229. The first-order valence-electron chi connectivity index (χ1n) is 13.6. The Morgan fingerprint density at radius 1 is 1.17 bits per heavy atom. The number of amides is 1. The summed E-state index contributed by atoms with van der Waals surface area (Å²) in [5.74, 6) is -0.252. The van der Waals surface area contributed by atoms with E-state index in [1.165, 1.54) is 13.2 Å². The van der Waals surface area contributed by atoms with E-state index < -0.39 is 23.8 Å². The number of esters is 1. The molecule has 1 unspecified atom stereocenters. The van der Waals surface area contributed by atoms with Gasteiger partial charge in [0.05, 0.1) is 42.6 Å². The van der Waals surface area contributed by atoms with Crippen molar-refractivity contribution in [1.82, 2.24) is 15.1 Å². The summed E-state index contributed by atoms with van der Waals surface area (Å²) >= 11 is 0. The molecule has 0 saturated heterocycles. The lowest BCUT2D eigenvalue weighted by Gasteiger charge is -2.21. The van der Waals surface area contributed by atoms with Gasteiger partial charge in [-0.3, -0.25) is 4.79 Å². The number of carbonyl (C=O) groups is 2. The highest BCUT2D eigenvalue weighted by molar-refractivity contribution is 6.00. The number of hydrogen-bond acceptors (Lipinski definition) is 6. The molecule has 11 heteroatoms. The van der Waals surface area contributed by atoms with Crippen LogP contribution in [0.2, 0.25) is 0 Å². The monoisotopic (exact) mass is 572 g/mol. The molecule has 220 valence electrons. The largest absolute Gasteiger partial charge is 0.465 e. The first-order valence-corrected chi connectivity index (χ1v) is 13.6. The summed E-state index contributed by atoms with van der Waals surface area (Å²) < 4.78 is 52.5. The summed E-state index contributed by atoms with van der Waals surface area (Å²) in [5, 5.41) is 7.67. The van der Waals surface area contributed by atoms with Crippen LogP contribution in [0.4, 0.5) is 19.0 Å². The minimum absolute atomic E-state index is 0.172. The number of benzene rings is 2. The molecule has 2 aromatic carbocycles. The van der Waals surface area contributed by atoms with E-state index in [4.69, 9.17) is 9.47 Å². The van der Waals surface area contributed by atoms with Crippen molar-refractivity contribution >= 4 is 17.7 Å². The Kier molecular flexibility index (Phi) is 9.37. The Bertz CT molecular complexity index is 1370. The minimum Gasteiger partial charge on any atom is -0.465 e. The van der Waals surface area contributed by atoms with Gasteiger partial charge in [0, 0.05) is 19.7 Å². The van der Waals surface area contributed by atoms with Gasteiger partial charge < -0.3 is 19.7 Å². The Morgan fingerprint density at radius 3 is 2.56 bits per heavy atom. The predicted octanol–water partition coefficient (Wildman–Crippen LogP) is 5.87. The van der Waals surface area contributed by atoms with Gasteiger partial charge in [0.2, 0.25) is 0 Å². The van der Waals surface area contributed by atoms with E-state index in [1.807, 2.05) is 11.8 Å². The zero-order valence-corrected chi connectivity index (χ0v) is 23.6. The molecule has 0 aliphatic carbocycles. The van der Waals surface area contributed by atoms with E-state index in [2.05, 4.69) is 17.3 Å². The predicted molar refractivity (Wildman–Crippen MR) is 148 cm³/mol. The minimum atomic E-state index is -4.45. The maximum Gasteiger partial charge on any atom is 0.416 e. The zero-order chi connectivity index (χ0) is 29.7. The van der Waals surface area contributed by atoms with Crippen molar-refractivity contribution in [2.45, 2.75) is 58.4 Å². The molecule has 1 amide bonds. The number of halogens is 3. The molecule has 0 fully saturated rings. The third kappa shape index (κ3) is 6.90. The summed E-state index contributed by atoms with van der Waals surface area (Å²) in [6.07, 6.45) is -2.55. The molecule has 1 aromatic heterocycles. The summed E-state index contributed by atoms with van der Waals surface area (Å²) in [6.45, 7) is 7.22. The third-order valence-corrected chi connectivity index (χ3v) is 7.12. The van der Waals surface area contributed by atoms with Crippen LogP contribution in [0.1, 0.15) is 81.9 Å². The number of hydrogen-bond donors (Lipinski definition) is 1. The van der Waals surface area contributed by atoms with Gasteiger partial charge >= 0.3 is 12.1 Å². The molecular weight excluding hydrogens is 537 g/mol. The summed E-state index contributed by atoms with van der Waals surface area (Å²) in [5.41, 5.74) is 1.82. The third-order valence-electron chi connectivity index (χ3n) is 7.12. The molecule has 2 atom stereocenters. The standard InChI is InChI=1S/C30H35F3N4O4/c1-5-6-14-41-18-25-17-36(16-21-8-7-9-24(15-21)30(31,32)33)28-26(20(3)35-37(25)28)27(38)34-19(2)22-10-12-23(13-11-22)29(39)40-4/h7-13,15,19,25H,5-6,14,16-18H2,1-4H3,(H,34,38)/t19?,25-/m0/s1. The Labute approximate surface area is 237 Å². The van der Waals surface area contributed by atoms with Crippen LogP contribution in [0.3, 0.4) is 0 Å². The number of alkyl halides is 3. The second kappa shape index (κ2) is 12.8. The van der Waals surface area contributed by atoms with Gasteiger partial charge in [-0.15, -0.1) is 0 Å². The maximum atomic E-state index is 13.6. The van der Waals surface area contributed by atoms with Crippen molar-refractivity contribution in [2.24, 2.45) is 0 Å². The van der Waals surface area contributed by atoms with Gasteiger partial charge in [0.15, 0.2) is 0 Å². The lowest BCUT2D eigenvalue weighted by molar-refractivity contribution is -0.137. The normalized spacial score (nSPS) is 15.5. The van der Waals surface area contributed by atoms with E-state index >= 15 is 0 Å². The lowest BCUT2D eigenvalue weighted by Crippen LogP contribution is -2.30. The first-order chi connectivity index (χ1) is 19.5. The molecule has 2 heterocycles. The Balaban J connectivity index is 1.60. The number of aromatic nitrogens is 2. The van der Waals surface area contributed by atoms with Crippen molar-refractivity contribution < 1.29 is 32.2 Å². The maximum absolute atomic E-state index is 13.6. The molecule has 8 nitrogen and oxygen atoms in total. The molecule has 0 radical (unpaired) electrons. The number of methoxy groups -OCH3 is 1. The SMILES string of the molecule is CCCCOC[C@@H]1CN(Cc2cccc(C(F)(F)F)c2)c2c(C(=O)NC(C)c3ccc(C(=O)OC)cc3)c(C)nn21. The van der Waals surface area contributed by atoms with Crippen molar-refractivity contribution in [3.05, 3.63) is 82.0 Å². The molecule has 41 heavy (non-hydrogen) atoms. The molecule has 1 N–H and O–H groups in total. The summed E-state index contributed by atoms with van der Waals surface area (Å²) in [7, 11) is 1.31. The van der Waals surface area contributed by atoms with Gasteiger partial charge in [0.1, 0.15) is 11.4 Å². The fourth-order valence-electron chi connectivity index (χ4n) is 4.95. The van der Waals surface area contributed by atoms with Crippen LogP contribution >= 0.6 is 0 Å². The van der Waals surface area contributed by atoms with Crippen molar-refractivity contribution in [3.8, 4) is 0 Å². The van der Waals surface area contributed by atoms with Gasteiger partial charge in [-0.1, -0.05) is 37.6 Å². The van der Waals surface area contributed by atoms with E-state index in [0.29, 0.717) is 48.0 Å². The first kappa shape index (κ1) is 30.1. The molecule has 0 saturated carbocycles. The number of ether oxygens (including phenoxy) is 2. The van der Waals surface area contributed by atoms with Crippen LogP contribution in [-0.4, -0.2) is 48.5 Å². The highest BCUT2D eigenvalue weighted by Crippen LogP contribution is 2.37. The van der Waals surface area contributed by atoms with Crippen LogP contribution < -0.4 is 10.2 Å². The number of rotatable bonds is 11. The second-order valence-electron chi connectivity index (χ2n) is 10.2. The smallest absolute Gasteiger partial charge is 0.416 e. The number of anilines is 1. The molecular formula is C30H35F3N4O4. The Morgan fingerprint density at radius 2 is 1.90 bits per heavy atom. The van der Waals surface area contributed by atoms with Gasteiger partial charge in [-0.2, -0.15) is 18.3 Å². The number of nitrogens with zero attached hydrogens (tertiary/aromatic N) is 3. The number of aryl methyl sites for hydroxylation is 1. The van der Waals surface area contributed by atoms with Crippen LogP contribution in [0.5, 0.6) is 0 Å². The average Bonchev–Trinajstić information content (AvgIpc) is 3.45. The topological polar surface area (TPSA) is 85.7 Å².